The van der Waals surface area contributed by atoms with Crippen molar-refractivity contribution in [2.45, 2.75) is 0 Å². The number of carbonyl (C=O) groups excluding carboxylic acids is 2. The minimum absolute atomic E-state index is 0.144. The number of halogens is 1. The summed E-state index contributed by atoms with van der Waals surface area (Å²) in [5, 5.41) is 3.01. The van der Waals surface area contributed by atoms with E-state index >= 15 is 0 Å². The largest absolute Gasteiger partial charge is 0.332 e. The van der Waals surface area contributed by atoms with Crippen LogP contribution in [0, 0.1) is 0 Å². The summed E-state index contributed by atoms with van der Waals surface area (Å²) in [4.78, 5) is 25.9. The SMILES string of the molecule is CN(CC(=O)Nc1ccccc1Cl)C(=O)c1ccccc1NS(C)(=O)=O. The molecule has 0 radical (unpaired) electrons. The summed E-state index contributed by atoms with van der Waals surface area (Å²) < 4.78 is 25.2. The Morgan fingerprint density at radius 1 is 1.04 bits per heavy atom. The Bertz CT molecular complexity index is 931. The first-order valence-electron chi connectivity index (χ1n) is 7.54. The van der Waals surface area contributed by atoms with Gasteiger partial charge in [0.1, 0.15) is 0 Å². The average Bonchev–Trinajstić information content (AvgIpc) is 2.55. The van der Waals surface area contributed by atoms with Gasteiger partial charge >= 0.3 is 0 Å². The molecule has 2 aromatic rings. The van der Waals surface area contributed by atoms with E-state index in [0.717, 1.165) is 6.26 Å². The molecule has 26 heavy (non-hydrogen) atoms. The number of nitrogens with one attached hydrogen (secondary N) is 2. The molecule has 2 amide bonds. The standard InChI is InChI=1S/C17H18ClN3O4S/c1-21(11-16(22)19-15-10-6-4-8-13(15)18)17(23)12-7-3-5-9-14(12)20-26(2,24)25/h3-10,20H,11H2,1-2H3,(H,19,22). The fourth-order valence-corrected chi connectivity index (χ4v) is 2.96. The van der Waals surface area contributed by atoms with E-state index in [2.05, 4.69) is 10.0 Å². The first kappa shape index (κ1) is 19.7. The topological polar surface area (TPSA) is 95.6 Å². The molecule has 0 heterocycles. The van der Waals surface area contributed by atoms with Crippen molar-refractivity contribution >= 4 is 44.8 Å². The molecule has 0 aliphatic heterocycles. The Balaban J connectivity index is 2.10. The van der Waals surface area contributed by atoms with Crippen LogP contribution >= 0.6 is 11.6 Å². The lowest BCUT2D eigenvalue weighted by Crippen LogP contribution is -2.35. The van der Waals surface area contributed by atoms with Crippen LogP contribution in [0.25, 0.3) is 0 Å². The molecule has 9 heteroatoms. The first-order chi connectivity index (χ1) is 12.2. The van der Waals surface area contributed by atoms with Gasteiger partial charge in [-0.05, 0) is 24.3 Å². The number of likely N-dealkylation sites (N-methyl/N-ethyl adjacent to an activating group) is 1. The van der Waals surface area contributed by atoms with Gasteiger partial charge in [0.05, 0.1) is 34.8 Å². The van der Waals surface area contributed by atoms with Gasteiger partial charge in [-0.1, -0.05) is 35.9 Å². The monoisotopic (exact) mass is 395 g/mol. The van der Waals surface area contributed by atoms with Crippen molar-refractivity contribution in [2.24, 2.45) is 0 Å². The highest BCUT2D eigenvalue weighted by atomic mass is 35.5. The smallest absolute Gasteiger partial charge is 0.256 e. The van der Waals surface area contributed by atoms with E-state index in [1.807, 2.05) is 0 Å². The van der Waals surface area contributed by atoms with Gasteiger partial charge in [0, 0.05) is 7.05 Å². The molecule has 0 aliphatic rings. The molecular formula is C17H18ClN3O4S. The van der Waals surface area contributed by atoms with Crippen LogP contribution in [0.1, 0.15) is 10.4 Å². The highest BCUT2D eigenvalue weighted by Gasteiger charge is 2.19. The number of nitrogens with zero attached hydrogens (tertiary/aromatic N) is 1. The van der Waals surface area contributed by atoms with Crippen molar-refractivity contribution in [1.82, 2.24) is 4.90 Å². The summed E-state index contributed by atoms with van der Waals surface area (Å²) in [5.41, 5.74) is 0.739. The van der Waals surface area contributed by atoms with Gasteiger partial charge in [-0.25, -0.2) is 8.42 Å². The Morgan fingerprint density at radius 3 is 2.23 bits per heavy atom. The predicted molar refractivity (Wildman–Crippen MR) is 102 cm³/mol. The molecule has 2 N–H and O–H groups in total. The Labute approximate surface area is 157 Å². The third-order valence-corrected chi connectivity index (χ3v) is 4.25. The van der Waals surface area contributed by atoms with Crippen LogP contribution in [0.4, 0.5) is 11.4 Å². The van der Waals surface area contributed by atoms with Crippen molar-refractivity contribution in [1.29, 1.82) is 0 Å². The molecule has 0 unspecified atom stereocenters. The summed E-state index contributed by atoms with van der Waals surface area (Å²) in [6.45, 7) is -0.225. The second-order valence-electron chi connectivity index (χ2n) is 5.61. The molecule has 0 bridgehead atoms. The van der Waals surface area contributed by atoms with Crippen molar-refractivity contribution in [3.8, 4) is 0 Å². The lowest BCUT2D eigenvalue weighted by molar-refractivity contribution is -0.116. The maximum Gasteiger partial charge on any atom is 0.256 e. The maximum atomic E-state index is 12.6. The van der Waals surface area contributed by atoms with Crippen LogP contribution in [0.5, 0.6) is 0 Å². The molecular weight excluding hydrogens is 378 g/mol. The number of sulfonamides is 1. The fourth-order valence-electron chi connectivity index (χ4n) is 2.20. The molecule has 0 aliphatic carbocycles. The van der Waals surface area contributed by atoms with E-state index in [1.54, 1.807) is 36.4 Å². The Hall–Kier alpha value is -2.58. The zero-order chi connectivity index (χ0) is 19.3. The summed E-state index contributed by atoms with van der Waals surface area (Å²) in [6, 6.07) is 12.9. The second kappa shape index (κ2) is 8.20. The van der Waals surface area contributed by atoms with E-state index in [0.29, 0.717) is 10.7 Å². The molecule has 0 fully saturated rings. The highest BCUT2D eigenvalue weighted by Crippen LogP contribution is 2.21. The third kappa shape index (κ3) is 5.47. The van der Waals surface area contributed by atoms with Gasteiger partial charge in [-0.3, -0.25) is 14.3 Å². The molecule has 0 aromatic heterocycles. The van der Waals surface area contributed by atoms with Crippen LogP contribution in [0.15, 0.2) is 48.5 Å². The molecule has 138 valence electrons. The predicted octanol–water partition coefficient (Wildman–Crippen LogP) is 2.42. The van der Waals surface area contributed by atoms with Crippen molar-refractivity contribution in [2.75, 3.05) is 29.9 Å². The van der Waals surface area contributed by atoms with E-state index in [4.69, 9.17) is 11.6 Å². The zero-order valence-corrected chi connectivity index (χ0v) is 15.8. The molecule has 0 saturated carbocycles. The van der Waals surface area contributed by atoms with Gasteiger partial charge in [0.25, 0.3) is 5.91 Å². The van der Waals surface area contributed by atoms with E-state index < -0.39 is 21.8 Å². The van der Waals surface area contributed by atoms with Gasteiger partial charge in [0.15, 0.2) is 0 Å². The molecule has 2 aromatic carbocycles. The normalized spacial score (nSPS) is 10.9. The minimum atomic E-state index is -3.54. The van der Waals surface area contributed by atoms with Crippen LogP contribution in [-0.4, -0.2) is 45.0 Å². The quantitative estimate of drug-likeness (QED) is 0.785. The summed E-state index contributed by atoms with van der Waals surface area (Å²) >= 11 is 5.99. The number of anilines is 2. The van der Waals surface area contributed by atoms with E-state index in [-0.39, 0.29) is 17.8 Å². The molecule has 0 spiro atoms. The average molecular weight is 396 g/mol. The Morgan fingerprint density at radius 2 is 1.62 bits per heavy atom. The number of hydrogen-bond donors (Lipinski definition) is 2. The lowest BCUT2D eigenvalue weighted by atomic mass is 10.1. The van der Waals surface area contributed by atoms with Crippen LogP contribution in [0.3, 0.4) is 0 Å². The second-order valence-corrected chi connectivity index (χ2v) is 7.76. The number of hydrogen-bond acceptors (Lipinski definition) is 4. The maximum absolute atomic E-state index is 12.6. The minimum Gasteiger partial charge on any atom is -0.332 e. The van der Waals surface area contributed by atoms with Gasteiger partial charge in [0.2, 0.25) is 15.9 Å². The van der Waals surface area contributed by atoms with Gasteiger partial charge < -0.3 is 10.2 Å². The fraction of sp³-hybridized carbons (Fsp3) is 0.176. The summed E-state index contributed by atoms with van der Waals surface area (Å²) in [7, 11) is -2.09. The van der Waals surface area contributed by atoms with E-state index in [9.17, 15) is 18.0 Å². The molecule has 0 atom stereocenters. The van der Waals surface area contributed by atoms with Crippen LogP contribution < -0.4 is 10.0 Å². The van der Waals surface area contributed by atoms with Crippen molar-refractivity contribution < 1.29 is 18.0 Å². The van der Waals surface area contributed by atoms with Crippen LogP contribution in [0.2, 0.25) is 5.02 Å². The highest BCUT2D eigenvalue weighted by molar-refractivity contribution is 7.92. The van der Waals surface area contributed by atoms with E-state index in [1.165, 1.54) is 24.1 Å². The number of carbonyl (C=O) groups is 2. The first-order valence-corrected chi connectivity index (χ1v) is 9.81. The van der Waals surface area contributed by atoms with Gasteiger partial charge in [-0.15, -0.1) is 0 Å². The molecule has 2 rings (SSSR count). The number of rotatable bonds is 6. The molecule has 7 nitrogen and oxygen atoms in total. The van der Waals surface area contributed by atoms with Crippen molar-refractivity contribution in [3.05, 3.63) is 59.1 Å². The number of benzene rings is 2. The van der Waals surface area contributed by atoms with Crippen LogP contribution in [-0.2, 0) is 14.8 Å². The number of para-hydroxylation sites is 2. The molecule has 0 saturated heterocycles. The lowest BCUT2D eigenvalue weighted by Gasteiger charge is -2.19. The van der Waals surface area contributed by atoms with Gasteiger partial charge in [-0.2, -0.15) is 0 Å². The number of amides is 2. The third-order valence-electron chi connectivity index (χ3n) is 3.33. The zero-order valence-electron chi connectivity index (χ0n) is 14.2. The van der Waals surface area contributed by atoms with Crippen molar-refractivity contribution in [3.63, 3.8) is 0 Å². The summed E-state index contributed by atoms with van der Waals surface area (Å²) in [5.74, 6) is -0.923. The summed E-state index contributed by atoms with van der Waals surface area (Å²) in [6.07, 6.45) is 0.995. The Kier molecular flexibility index (Phi) is 6.23.